The number of carbonyl (C=O) groups is 1. The Balaban J connectivity index is 1.48. The van der Waals surface area contributed by atoms with Gasteiger partial charge >= 0.3 is 0 Å². The van der Waals surface area contributed by atoms with Crippen LogP contribution in [0.25, 0.3) is 5.82 Å². The summed E-state index contributed by atoms with van der Waals surface area (Å²) < 4.78 is 7.46. The van der Waals surface area contributed by atoms with Crippen molar-refractivity contribution in [2.75, 3.05) is 5.32 Å². The van der Waals surface area contributed by atoms with E-state index < -0.39 is 0 Å². The molecular weight excluding hydrogens is 318 g/mol. The summed E-state index contributed by atoms with van der Waals surface area (Å²) in [6.07, 6.45) is 8.09. The van der Waals surface area contributed by atoms with Gasteiger partial charge in [0.15, 0.2) is 5.82 Å². The van der Waals surface area contributed by atoms with E-state index in [1.165, 1.54) is 12.7 Å². The van der Waals surface area contributed by atoms with Crippen molar-refractivity contribution in [3.05, 3.63) is 60.8 Å². The first-order chi connectivity index (χ1) is 12.3. The molecule has 1 amide bonds. The van der Waals surface area contributed by atoms with Crippen LogP contribution in [0.4, 0.5) is 5.69 Å². The minimum atomic E-state index is -0.217. The van der Waals surface area contributed by atoms with Crippen molar-refractivity contribution in [1.82, 2.24) is 19.7 Å². The summed E-state index contributed by atoms with van der Waals surface area (Å²) in [5.74, 6) is 1.03. The summed E-state index contributed by atoms with van der Waals surface area (Å²) in [7, 11) is 0. The van der Waals surface area contributed by atoms with E-state index in [0.29, 0.717) is 22.8 Å². The number of nitrogens with one attached hydrogen (secondary N) is 1. The van der Waals surface area contributed by atoms with Crippen molar-refractivity contribution in [2.45, 2.75) is 25.4 Å². The summed E-state index contributed by atoms with van der Waals surface area (Å²) in [5.41, 5.74) is 1.13. The monoisotopic (exact) mass is 335 g/mol. The third-order valence-corrected chi connectivity index (χ3v) is 4.14. The van der Waals surface area contributed by atoms with E-state index in [-0.39, 0.29) is 12.0 Å². The van der Waals surface area contributed by atoms with Gasteiger partial charge in [-0.25, -0.2) is 14.6 Å². The third kappa shape index (κ3) is 3.35. The van der Waals surface area contributed by atoms with Crippen molar-refractivity contribution >= 4 is 11.6 Å². The van der Waals surface area contributed by atoms with Crippen molar-refractivity contribution in [1.29, 1.82) is 0 Å². The molecule has 0 bridgehead atoms. The fourth-order valence-corrected chi connectivity index (χ4v) is 2.55. The Kier molecular flexibility index (Phi) is 4.12. The first-order valence-corrected chi connectivity index (χ1v) is 8.18. The van der Waals surface area contributed by atoms with E-state index in [1.807, 2.05) is 18.2 Å². The summed E-state index contributed by atoms with van der Waals surface area (Å²) in [5, 5.41) is 6.87. The van der Waals surface area contributed by atoms with E-state index in [1.54, 1.807) is 35.4 Å². The maximum atomic E-state index is 12.6. The number of aromatic nitrogens is 4. The molecule has 0 spiro atoms. The molecular formula is C18H17N5O2. The van der Waals surface area contributed by atoms with Crippen LogP contribution in [0.3, 0.4) is 0 Å². The minimum absolute atomic E-state index is 0.217. The normalized spacial score (nSPS) is 13.9. The highest BCUT2D eigenvalue weighted by Gasteiger charge is 2.21. The van der Waals surface area contributed by atoms with E-state index in [9.17, 15) is 4.79 Å². The Morgan fingerprint density at radius 2 is 2.08 bits per heavy atom. The standard InChI is InChI=1S/C18H17N5O2/c24-18(15-6-1-2-7-16(15)25-14-4-3-5-14)22-13-8-9-17(20-10-13)23-12-19-11-21-23/h1-2,6-12,14H,3-5H2,(H,22,24). The molecule has 7 nitrogen and oxygen atoms in total. The SMILES string of the molecule is O=C(Nc1ccc(-n2cncn2)nc1)c1ccccc1OC1CCC1. The quantitative estimate of drug-likeness (QED) is 0.775. The zero-order valence-corrected chi connectivity index (χ0v) is 13.5. The van der Waals surface area contributed by atoms with Crippen LogP contribution in [0.5, 0.6) is 5.75 Å². The Morgan fingerprint density at radius 1 is 1.20 bits per heavy atom. The smallest absolute Gasteiger partial charge is 0.259 e. The van der Waals surface area contributed by atoms with Gasteiger partial charge < -0.3 is 10.1 Å². The number of hydrogen-bond donors (Lipinski definition) is 1. The molecule has 1 fully saturated rings. The molecule has 0 unspecified atom stereocenters. The van der Waals surface area contributed by atoms with Crippen LogP contribution in [-0.4, -0.2) is 31.8 Å². The number of nitrogens with zero attached hydrogens (tertiary/aromatic N) is 4. The molecule has 126 valence electrons. The Labute approximate surface area is 144 Å². The lowest BCUT2D eigenvalue weighted by Crippen LogP contribution is -2.26. The van der Waals surface area contributed by atoms with Crippen molar-refractivity contribution in [3.8, 4) is 11.6 Å². The fourth-order valence-electron chi connectivity index (χ4n) is 2.55. The van der Waals surface area contributed by atoms with E-state index >= 15 is 0 Å². The first kappa shape index (κ1) is 15.3. The number of ether oxygens (including phenoxy) is 1. The summed E-state index contributed by atoms with van der Waals surface area (Å²) >= 11 is 0. The number of benzene rings is 1. The van der Waals surface area contributed by atoms with Crippen molar-refractivity contribution in [2.24, 2.45) is 0 Å². The number of pyridine rings is 1. The van der Waals surface area contributed by atoms with Gasteiger partial charge in [-0.2, -0.15) is 5.10 Å². The van der Waals surface area contributed by atoms with Gasteiger partial charge in [0, 0.05) is 0 Å². The first-order valence-electron chi connectivity index (χ1n) is 8.18. The number of amides is 1. The lowest BCUT2D eigenvalue weighted by atomic mass is 9.96. The molecule has 1 saturated carbocycles. The minimum Gasteiger partial charge on any atom is -0.490 e. The predicted octanol–water partition coefficient (Wildman–Crippen LogP) is 2.85. The maximum Gasteiger partial charge on any atom is 0.259 e. The zero-order valence-electron chi connectivity index (χ0n) is 13.5. The molecule has 0 atom stereocenters. The van der Waals surface area contributed by atoms with Crippen LogP contribution in [0, 0.1) is 0 Å². The van der Waals surface area contributed by atoms with E-state index in [0.717, 1.165) is 12.8 Å². The molecule has 2 heterocycles. The van der Waals surface area contributed by atoms with Crippen molar-refractivity contribution < 1.29 is 9.53 Å². The summed E-state index contributed by atoms with van der Waals surface area (Å²) in [6, 6.07) is 10.8. The molecule has 1 aliphatic carbocycles. The molecule has 0 saturated heterocycles. The molecule has 25 heavy (non-hydrogen) atoms. The Hall–Kier alpha value is -3.22. The summed E-state index contributed by atoms with van der Waals surface area (Å²) in [6.45, 7) is 0. The molecule has 1 aromatic carbocycles. The summed E-state index contributed by atoms with van der Waals surface area (Å²) in [4.78, 5) is 20.7. The zero-order chi connectivity index (χ0) is 17.1. The second-order valence-corrected chi connectivity index (χ2v) is 5.87. The highest BCUT2D eigenvalue weighted by atomic mass is 16.5. The van der Waals surface area contributed by atoms with Gasteiger partial charge in [0.1, 0.15) is 18.4 Å². The molecule has 7 heteroatoms. The molecule has 3 aromatic rings. The Bertz CT molecular complexity index is 857. The molecule has 1 N–H and O–H groups in total. The van der Waals surface area contributed by atoms with Gasteiger partial charge in [0.25, 0.3) is 5.91 Å². The van der Waals surface area contributed by atoms with Gasteiger partial charge in [-0.3, -0.25) is 4.79 Å². The molecule has 0 radical (unpaired) electrons. The highest BCUT2D eigenvalue weighted by molar-refractivity contribution is 6.06. The fraction of sp³-hybridized carbons (Fsp3) is 0.222. The average molecular weight is 335 g/mol. The van der Waals surface area contributed by atoms with Crippen LogP contribution in [-0.2, 0) is 0 Å². The molecule has 0 aliphatic heterocycles. The van der Waals surface area contributed by atoms with Gasteiger partial charge in [0.05, 0.1) is 23.6 Å². The lowest BCUT2D eigenvalue weighted by molar-refractivity contribution is 0.0992. The topological polar surface area (TPSA) is 81.9 Å². The van der Waals surface area contributed by atoms with Gasteiger partial charge in [-0.15, -0.1) is 0 Å². The second-order valence-electron chi connectivity index (χ2n) is 5.87. The predicted molar refractivity (Wildman–Crippen MR) is 91.8 cm³/mol. The van der Waals surface area contributed by atoms with Crippen LogP contribution in [0.15, 0.2) is 55.2 Å². The number of anilines is 1. The number of para-hydroxylation sites is 1. The average Bonchev–Trinajstić information content (AvgIpc) is 3.14. The lowest BCUT2D eigenvalue weighted by Gasteiger charge is -2.27. The number of carbonyl (C=O) groups excluding carboxylic acids is 1. The number of rotatable bonds is 5. The van der Waals surface area contributed by atoms with Crippen LogP contribution in [0.2, 0.25) is 0 Å². The van der Waals surface area contributed by atoms with Gasteiger partial charge in [0.2, 0.25) is 0 Å². The van der Waals surface area contributed by atoms with Gasteiger partial charge in [-0.05, 0) is 43.5 Å². The van der Waals surface area contributed by atoms with E-state index in [4.69, 9.17) is 4.74 Å². The highest BCUT2D eigenvalue weighted by Crippen LogP contribution is 2.28. The van der Waals surface area contributed by atoms with Crippen LogP contribution in [0.1, 0.15) is 29.6 Å². The second kappa shape index (κ2) is 6.72. The molecule has 2 aromatic heterocycles. The molecule has 4 rings (SSSR count). The maximum absolute atomic E-state index is 12.6. The Morgan fingerprint density at radius 3 is 2.76 bits per heavy atom. The number of hydrogen-bond acceptors (Lipinski definition) is 5. The van der Waals surface area contributed by atoms with E-state index in [2.05, 4.69) is 20.4 Å². The third-order valence-electron chi connectivity index (χ3n) is 4.14. The van der Waals surface area contributed by atoms with Gasteiger partial charge in [-0.1, -0.05) is 12.1 Å². The van der Waals surface area contributed by atoms with Crippen molar-refractivity contribution in [3.63, 3.8) is 0 Å². The van der Waals surface area contributed by atoms with Crippen LogP contribution < -0.4 is 10.1 Å². The van der Waals surface area contributed by atoms with Crippen LogP contribution >= 0.6 is 0 Å². The molecule has 1 aliphatic rings. The largest absolute Gasteiger partial charge is 0.490 e.